The number of para-hydroxylation sites is 1. The van der Waals surface area contributed by atoms with Crippen LogP contribution in [0.3, 0.4) is 0 Å². The first-order valence-electron chi connectivity index (χ1n) is 6.71. The first-order chi connectivity index (χ1) is 9.83. The molecule has 100 valence electrons. The zero-order valence-corrected chi connectivity index (χ0v) is 11.5. The van der Waals surface area contributed by atoms with E-state index < -0.39 is 0 Å². The minimum absolute atomic E-state index is 0.769. The summed E-state index contributed by atoms with van der Waals surface area (Å²) in [6, 6.07) is 18.7. The average molecular weight is 263 g/mol. The Morgan fingerprint density at radius 1 is 1.05 bits per heavy atom. The van der Waals surface area contributed by atoms with E-state index in [1.54, 1.807) is 0 Å². The Morgan fingerprint density at radius 2 is 1.90 bits per heavy atom. The van der Waals surface area contributed by atoms with Crippen LogP contribution in [0.1, 0.15) is 11.1 Å². The van der Waals surface area contributed by atoms with E-state index in [0.29, 0.717) is 0 Å². The van der Waals surface area contributed by atoms with Crippen molar-refractivity contribution in [3.63, 3.8) is 0 Å². The molecule has 0 aliphatic carbocycles. The number of rotatable bonds is 4. The van der Waals surface area contributed by atoms with Crippen LogP contribution >= 0.6 is 0 Å². The SMILES string of the molecule is Cc1cccc(CNc2nccn2-c2ccccc2)c1. The molecular formula is C17H17N3. The molecule has 0 radical (unpaired) electrons. The Balaban J connectivity index is 1.78. The van der Waals surface area contributed by atoms with E-state index in [4.69, 9.17) is 0 Å². The highest BCUT2D eigenvalue weighted by atomic mass is 15.2. The molecule has 1 N–H and O–H groups in total. The minimum Gasteiger partial charge on any atom is -0.351 e. The van der Waals surface area contributed by atoms with Gasteiger partial charge in [0.05, 0.1) is 0 Å². The fourth-order valence-corrected chi connectivity index (χ4v) is 2.23. The number of nitrogens with zero attached hydrogens (tertiary/aromatic N) is 2. The largest absolute Gasteiger partial charge is 0.351 e. The first-order valence-corrected chi connectivity index (χ1v) is 6.71. The van der Waals surface area contributed by atoms with E-state index >= 15 is 0 Å². The van der Waals surface area contributed by atoms with Gasteiger partial charge in [-0.25, -0.2) is 4.98 Å². The summed E-state index contributed by atoms with van der Waals surface area (Å²) in [4.78, 5) is 4.38. The Bertz CT molecular complexity index is 686. The van der Waals surface area contributed by atoms with Crippen molar-refractivity contribution in [2.45, 2.75) is 13.5 Å². The fraction of sp³-hybridized carbons (Fsp3) is 0.118. The third kappa shape index (κ3) is 2.72. The van der Waals surface area contributed by atoms with Crippen LogP contribution in [0.15, 0.2) is 67.0 Å². The highest BCUT2D eigenvalue weighted by Gasteiger charge is 2.04. The van der Waals surface area contributed by atoms with E-state index in [1.807, 2.05) is 30.6 Å². The van der Waals surface area contributed by atoms with Crippen LogP contribution in [0.2, 0.25) is 0 Å². The molecule has 0 aliphatic rings. The average Bonchev–Trinajstić information content (AvgIpc) is 2.95. The van der Waals surface area contributed by atoms with Gasteiger partial charge in [0.1, 0.15) is 0 Å². The predicted molar refractivity (Wildman–Crippen MR) is 82.1 cm³/mol. The number of aryl methyl sites for hydroxylation is 1. The summed E-state index contributed by atoms with van der Waals surface area (Å²) < 4.78 is 2.05. The second kappa shape index (κ2) is 5.61. The zero-order chi connectivity index (χ0) is 13.8. The van der Waals surface area contributed by atoms with Gasteiger partial charge in [0.25, 0.3) is 0 Å². The van der Waals surface area contributed by atoms with Crippen LogP contribution in [-0.4, -0.2) is 9.55 Å². The van der Waals surface area contributed by atoms with Gasteiger partial charge in [0.15, 0.2) is 0 Å². The Morgan fingerprint density at radius 3 is 2.70 bits per heavy atom. The fourth-order valence-electron chi connectivity index (χ4n) is 2.23. The molecule has 0 atom stereocenters. The molecule has 3 rings (SSSR count). The van der Waals surface area contributed by atoms with Crippen LogP contribution in [0.25, 0.3) is 5.69 Å². The number of benzene rings is 2. The van der Waals surface area contributed by atoms with Crippen LogP contribution in [0, 0.1) is 6.92 Å². The summed E-state index contributed by atoms with van der Waals surface area (Å²) in [5, 5.41) is 3.39. The van der Waals surface area contributed by atoms with Crippen molar-refractivity contribution >= 4 is 5.95 Å². The minimum atomic E-state index is 0.769. The molecule has 0 fully saturated rings. The maximum absolute atomic E-state index is 4.38. The molecular weight excluding hydrogens is 246 g/mol. The molecule has 20 heavy (non-hydrogen) atoms. The quantitative estimate of drug-likeness (QED) is 0.776. The lowest BCUT2D eigenvalue weighted by atomic mass is 10.1. The highest BCUT2D eigenvalue weighted by Crippen LogP contribution is 2.15. The molecule has 0 unspecified atom stereocenters. The van der Waals surface area contributed by atoms with Gasteiger partial charge >= 0.3 is 0 Å². The molecule has 3 nitrogen and oxygen atoms in total. The second-order valence-corrected chi connectivity index (χ2v) is 4.80. The van der Waals surface area contributed by atoms with Gasteiger partial charge < -0.3 is 5.32 Å². The highest BCUT2D eigenvalue weighted by molar-refractivity contribution is 5.42. The first kappa shape index (κ1) is 12.5. The number of imidazole rings is 1. The van der Waals surface area contributed by atoms with E-state index in [1.165, 1.54) is 11.1 Å². The Hall–Kier alpha value is -2.55. The summed E-state index contributed by atoms with van der Waals surface area (Å²) in [7, 11) is 0. The second-order valence-electron chi connectivity index (χ2n) is 4.80. The van der Waals surface area contributed by atoms with Crippen molar-refractivity contribution in [1.82, 2.24) is 9.55 Å². The molecule has 1 heterocycles. The summed E-state index contributed by atoms with van der Waals surface area (Å²) >= 11 is 0. The van der Waals surface area contributed by atoms with Gasteiger partial charge in [-0.05, 0) is 24.6 Å². The van der Waals surface area contributed by atoms with E-state index in [-0.39, 0.29) is 0 Å². The van der Waals surface area contributed by atoms with Crippen molar-refractivity contribution in [1.29, 1.82) is 0 Å². The van der Waals surface area contributed by atoms with Crippen LogP contribution in [0.4, 0.5) is 5.95 Å². The molecule has 0 spiro atoms. The molecule has 0 aliphatic heterocycles. The third-order valence-corrected chi connectivity index (χ3v) is 3.21. The lowest BCUT2D eigenvalue weighted by molar-refractivity contribution is 1.00. The smallest absolute Gasteiger partial charge is 0.207 e. The maximum atomic E-state index is 4.38. The van der Waals surface area contributed by atoms with Crippen LogP contribution < -0.4 is 5.32 Å². The molecule has 0 saturated carbocycles. The molecule has 3 heteroatoms. The van der Waals surface area contributed by atoms with Crippen molar-refractivity contribution in [2.75, 3.05) is 5.32 Å². The summed E-state index contributed by atoms with van der Waals surface area (Å²) in [6.45, 7) is 2.87. The van der Waals surface area contributed by atoms with E-state index in [9.17, 15) is 0 Å². The number of aromatic nitrogens is 2. The maximum Gasteiger partial charge on any atom is 0.207 e. The Kier molecular flexibility index (Phi) is 3.50. The van der Waals surface area contributed by atoms with Gasteiger partial charge in [-0.3, -0.25) is 4.57 Å². The zero-order valence-electron chi connectivity index (χ0n) is 11.5. The van der Waals surface area contributed by atoms with Gasteiger partial charge in [0.2, 0.25) is 5.95 Å². The molecule has 2 aromatic carbocycles. The van der Waals surface area contributed by atoms with Crippen molar-refractivity contribution in [3.8, 4) is 5.69 Å². The number of hydrogen-bond donors (Lipinski definition) is 1. The van der Waals surface area contributed by atoms with E-state index in [0.717, 1.165) is 18.2 Å². The van der Waals surface area contributed by atoms with Gasteiger partial charge in [-0.15, -0.1) is 0 Å². The van der Waals surface area contributed by atoms with Crippen LogP contribution in [0.5, 0.6) is 0 Å². The lowest BCUT2D eigenvalue weighted by Gasteiger charge is -2.10. The molecule has 0 saturated heterocycles. The summed E-state index contributed by atoms with van der Waals surface area (Å²) in [6.07, 6.45) is 3.78. The van der Waals surface area contributed by atoms with Gasteiger partial charge in [-0.2, -0.15) is 0 Å². The van der Waals surface area contributed by atoms with Crippen molar-refractivity contribution in [3.05, 3.63) is 78.1 Å². The standard InChI is InChI=1S/C17H17N3/c1-14-6-5-7-15(12-14)13-19-17-18-10-11-20(17)16-8-3-2-4-9-16/h2-12H,13H2,1H3,(H,18,19). The molecule has 0 bridgehead atoms. The lowest BCUT2D eigenvalue weighted by Crippen LogP contribution is -2.06. The number of anilines is 1. The monoisotopic (exact) mass is 263 g/mol. The van der Waals surface area contributed by atoms with Crippen molar-refractivity contribution in [2.24, 2.45) is 0 Å². The van der Waals surface area contributed by atoms with Crippen LogP contribution in [-0.2, 0) is 6.54 Å². The Labute approximate surface area is 118 Å². The predicted octanol–water partition coefficient (Wildman–Crippen LogP) is 3.79. The van der Waals surface area contributed by atoms with Crippen molar-refractivity contribution < 1.29 is 0 Å². The van der Waals surface area contributed by atoms with E-state index in [2.05, 4.69) is 58.2 Å². The third-order valence-electron chi connectivity index (χ3n) is 3.21. The summed E-state index contributed by atoms with van der Waals surface area (Å²) in [5.41, 5.74) is 3.64. The number of hydrogen-bond acceptors (Lipinski definition) is 2. The van der Waals surface area contributed by atoms with Gasteiger partial charge in [0, 0.05) is 24.6 Å². The normalized spacial score (nSPS) is 10.4. The number of nitrogens with one attached hydrogen (secondary N) is 1. The molecule has 1 aromatic heterocycles. The topological polar surface area (TPSA) is 29.9 Å². The molecule has 0 amide bonds. The molecule has 3 aromatic rings. The summed E-state index contributed by atoms with van der Waals surface area (Å²) in [5.74, 6) is 0.859. The van der Waals surface area contributed by atoms with Gasteiger partial charge in [-0.1, -0.05) is 48.0 Å².